The molecule has 0 aromatic rings. The highest BCUT2D eigenvalue weighted by atomic mass is 28.4. The standard InChI is InChI=1S/C6H18N2Si2/c1-10(2,3)8-6-4-5-7-9-8/h7H,4-6,9H2,1-3H3. The van der Waals surface area contributed by atoms with E-state index in [9.17, 15) is 0 Å². The van der Waals surface area contributed by atoms with Crippen LogP contribution in [0.25, 0.3) is 0 Å². The van der Waals surface area contributed by atoms with Gasteiger partial charge >= 0.3 is 0 Å². The highest BCUT2D eigenvalue weighted by Gasteiger charge is 2.24. The zero-order chi connectivity index (χ0) is 7.61. The first kappa shape index (κ1) is 8.45. The van der Waals surface area contributed by atoms with E-state index < -0.39 is 8.24 Å². The fraction of sp³-hybridized carbons (Fsp3) is 1.00. The molecule has 1 aliphatic rings. The predicted molar refractivity (Wildman–Crippen MR) is 51.2 cm³/mol. The lowest BCUT2D eigenvalue weighted by atomic mass is 10.4. The maximum Gasteiger partial charge on any atom is 0.163 e. The zero-order valence-electron chi connectivity index (χ0n) is 7.28. The first-order valence-corrected chi connectivity index (χ1v) is 8.85. The number of nitrogens with one attached hydrogen (secondary N) is 1. The average molecular weight is 174 g/mol. The topological polar surface area (TPSA) is 15.3 Å². The Morgan fingerprint density at radius 1 is 1.40 bits per heavy atom. The molecule has 1 saturated heterocycles. The van der Waals surface area contributed by atoms with Crippen LogP contribution in [0, 0.1) is 0 Å². The molecule has 2 nitrogen and oxygen atoms in total. The molecule has 1 N–H and O–H groups in total. The summed E-state index contributed by atoms with van der Waals surface area (Å²) in [7, 11) is -0.960. The Labute approximate surface area is 67.1 Å². The van der Waals surface area contributed by atoms with E-state index in [4.69, 9.17) is 0 Å². The lowest BCUT2D eigenvalue weighted by Gasteiger charge is -2.37. The van der Waals surface area contributed by atoms with E-state index in [-0.39, 0.29) is 9.84 Å². The van der Waals surface area contributed by atoms with Gasteiger partial charge < -0.3 is 9.21 Å². The molecule has 1 aliphatic heterocycles. The Bertz CT molecular complexity index is 105. The van der Waals surface area contributed by atoms with Crippen LogP contribution >= 0.6 is 0 Å². The Morgan fingerprint density at radius 2 is 2.10 bits per heavy atom. The molecular formula is C6H18N2Si2. The van der Waals surface area contributed by atoms with Crippen molar-refractivity contribution in [1.82, 2.24) is 9.21 Å². The molecule has 0 spiro atoms. The lowest BCUT2D eigenvalue weighted by molar-refractivity contribution is 0.547. The summed E-state index contributed by atoms with van der Waals surface area (Å²) in [4.78, 5) is 3.54. The average Bonchev–Trinajstić information content (AvgIpc) is 1.88. The van der Waals surface area contributed by atoms with Gasteiger partial charge in [0.1, 0.15) is 8.24 Å². The van der Waals surface area contributed by atoms with E-state index in [0.717, 1.165) is 0 Å². The van der Waals surface area contributed by atoms with Gasteiger partial charge in [0.05, 0.1) is 0 Å². The maximum absolute atomic E-state index is 3.54. The van der Waals surface area contributed by atoms with Gasteiger partial charge in [-0.1, -0.05) is 19.6 Å². The maximum atomic E-state index is 3.54. The number of hydrogen-bond donors (Lipinski definition) is 1. The van der Waals surface area contributed by atoms with Crippen LogP contribution in [-0.2, 0) is 0 Å². The second-order valence-corrected chi connectivity index (χ2v) is 11.1. The summed E-state index contributed by atoms with van der Waals surface area (Å²) in [5.74, 6) is 0. The number of rotatable bonds is 1. The molecule has 0 aliphatic carbocycles. The minimum atomic E-state index is -0.924. The second-order valence-electron chi connectivity index (χ2n) is 3.95. The molecule has 60 valence electrons. The minimum absolute atomic E-state index is 0.0367. The Morgan fingerprint density at radius 3 is 2.40 bits per heavy atom. The third kappa shape index (κ3) is 2.19. The van der Waals surface area contributed by atoms with Gasteiger partial charge in [-0.25, -0.2) is 0 Å². The summed E-state index contributed by atoms with van der Waals surface area (Å²) >= 11 is 0. The first-order valence-electron chi connectivity index (χ1n) is 4.06. The predicted octanol–water partition coefficient (Wildman–Crippen LogP) is 0.115. The van der Waals surface area contributed by atoms with Gasteiger partial charge in [-0.15, -0.1) is 0 Å². The largest absolute Gasteiger partial charge is 0.339 e. The van der Waals surface area contributed by atoms with Gasteiger partial charge in [-0.05, 0) is 19.5 Å². The summed E-state index contributed by atoms with van der Waals surface area (Å²) < 4.78 is 2.75. The molecule has 0 atom stereocenters. The van der Waals surface area contributed by atoms with Crippen LogP contribution in [0.2, 0.25) is 19.6 Å². The van der Waals surface area contributed by atoms with Crippen molar-refractivity contribution in [1.29, 1.82) is 0 Å². The van der Waals surface area contributed by atoms with Crippen molar-refractivity contribution in [3.05, 3.63) is 0 Å². The van der Waals surface area contributed by atoms with E-state index in [1.165, 1.54) is 19.5 Å². The third-order valence-corrected chi connectivity index (χ3v) is 8.75. The highest BCUT2D eigenvalue weighted by Crippen LogP contribution is 2.08. The molecule has 0 saturated carbocycles. The molecule has 0 bridgehead atoms. The van der Waals surface area contributed by atoms with Gasteiger partial charge in [0.25, 0.3) is 0 Å². The van der Waals surface area contributed by atoms with E-state index in [1.807, 2.05) is 0 Å². The van der Waals surface area contributed by atoms with Crippen LogP contribution in [0.5, 0.6) is 0 Å². The van der Waals surface area contributed by atoms with Crippen LogP contribution in [-0.4, -0.2) is 35.4 Å². The van der Waals surface area contributed by atoms with Crippen LogP contribution in [0.15, 0.2) is 0 Å². The summed E-state index contributed by atoms with van der Waals surface area (Å²) in [5.41, 5.74) is 0. The van der Waals surface area contributed by atoms with Crippen molar-refractivity contribution in [3.63, 3.8) is 0 Å². The van der Waals surface area contributed by atoms with Gasteiger partial charge in [0.15, 0.2) is 9.84 Å². The molecule has 0 aromatic heterocycles. The molecule has 0 amide bonds. The van der Waals surface area contributed by atoms with Crippen LogP contribution in [0.4, 0.5) is 0 Å². The van der Waals surface area contributed by atoms with Crippen molar-refractivity contribution in [2.75, 3.05) is 13.1 Å². The molecular weight excluding hydrogens is 156 g/mol. The first-order chi connectivity index (χ1) is 4.61. The van der Waals surface area contributed by atoms with E-state index in [1.54, 1.807) is 0 Å². The molecule has 4 heteroatoms. The third-order valence-electron chi connectivity index (χ3n) is 2.03. The fourth-order valence-corrected chi connectivity index (χ4v) is 5.38. The van der Waals surface area contributed by atoms with Crippen LogP contribution in [0.3, 0.4) is 0 Å². The molecule has 10 heavy (non-hydrogen) atoms. The smallest absolute Gasteiger partial charge is 0.163 e. The van der Waals surface area contributed by atoms with Gasteiger partial charge in [0.2, 0.25) is 0 Å². The summed E-state index contributed by atoms with van der Waals surface area (Å²) in [6.45, 7) is 9.95. The molecule has 0 radical (unpaired) electrons. The van der Waals surface area contributed by atoms with Crippen molar-refractivity contribution < 1.29 is 0 Å². The Kier molecular flexibility index (Phi) is 2.68. The van der Waals surface area contributed by atoms with E-state index in [2.05, 4.69) is 28.9 Å². The van der Waals surface area contributed by atoms with E-state index >= 15 is 0 Å². The lowest BCUT2D eigenvalue weighted by Crippen LogP contribution is -2.56. The van der Waals surface area contributed by atoms with Crippen LogP contribution in [0.1, 0.15) is 6.42 Å². The highest BCUT2D eigenvalue weighted by molar-refractivity contribution is 6.78. The van der Waals surface area contributed by atoms with Gasteiger partial charge in [-0.2, -0.15) is 0 Å². The number of hydrogen-bond acceptors (Lipinski definition) is 2. The fourth-order valence-electron chi connectivity index (χ4n) is 1.26. The Balaban J connectivity index is 2.39. The van der Waals surface area contributed by atoms with Crippen molar-refractivity contribution in [2.24, 2.45) is 0 Å². The molecule has 1 fully saturated rings. The summed E-state index contributed by atoms with van der Waals surface area (Å²) in [5, 5.41) is 0. The van der Waals surface area contributed by atoms with Crippen molar-refractivity contribution in [3.8, 4) is 0 Å². The quantitative estimate of drug-likeness (QED) is 0.568. The second kappa shape index (κ2) is 3.17. The van der Waals surface area contributed by atoms with Crippen molar-refractivity contribution in [2.45, 2.75) is 26.1 Å². The Hall–Kier alpha value is 0.354. The molecule has 1 heterocycles. The van der Waals surface area contributed by atoms with E-state index in [0.29, 0.717) is 0 Å². The van der Waals surface area contributed by atoms with Gasteiger partial charge in [0, 0.05) is 0 Å². The SMILES string of the molecule is C[Si](C)(C)N1CCCN[SiH2]1. The molecule has 0 unspecified atom stereocenters. The monoisotopic (exact) mass is 174 g/mol. The minimum Gasteiger partial charge on any atom is -0.339 e. The normalized spacial score (nSPS) is 25.5. The molecule has 1 rings (SSSR count). The van der Waals surface area contributed by atoms with Gasteiger partial charge in [-0.3, -0.25) is 0 Å². The van der Waals surface area contributed by atoms with Crippen molar-refractivity contribution >= 4 is 18.1 Å². The zero-order valence-corrected chi connectivity index (χ0v) is 9.69. The molecule has 0 aromatic carbocycles. The van der Waals surface area contributed by atoms with Crippen LogP contribution < -0.4 is 4.98 Å². The summed E-state index contributed by atoms with van der Waals surface area (Å²) in [6, 6.07) is 0. The number of nitrogens with zero attached hydrogens (tertiary/aromatic N) is 1. The summed E-state index contributed by atoms with van der Waals surface area (Å²) in [6.07, 6.45) is 1.36.